The van der Waals surface area contributed by atoms with Crippen LogP contribution in [0.2, 0.25) is 5.02 Å². The standard InChI is InChI=1S/C16H16BrClN2O3/c1-10-7-13(14(23-2)8-12(10)18)19-15(21)5-6-20-9-11(17)3-4-16(20)22/h3-4,7-9H,5-6H2,1-2H3,(H,19,21). The average Bonchev–Trinajstić information content (AvgIpc) is 2.51. The third-order valence-corrected chi connectivity index (χ3v) is 4.16. The molecule has 0 aliphatic carbocycles. The first-order chi connectivity index (χ1) is 10.9. The van der Waals surface area contributed by atoms with Crippen LogP contribution in [0.4, 0.5) is 5.69 Å². The number of methoxy groups -OCH3 is 1. The molecule has 0 fully saturated rings. The van der Waals surface area contributed by atoms with Gasteiger partial charge in [0.1, 0.15) is 5.75 Å². The predicted octanol–water partition coefficient (Wildman–Crippen LogP) is 3.61. The van der Waals surface area contributed by atoms with Crippen molar-refractivity contribution in [1.29, 1.82) is 0 Å². The van der Waals surface area contributed by atoms with Gasteiger partial charge in [0.05, 0.1) is 12.8 Å². The van der Waals surface area contributed by atoms with Crippen LogP contribution in [-0.4, -0.2) is 17.6 Å². The van der Waals surface area contributed by atoms with Gasteiger partial charge in [-0.15, -0.1) is 0 Å². The minimum Gasteiger partial charge on any atom is -0.495 e. The lowest BCUT2D eigenvalue weighted by molar-refractivity contribution is -0.116. The molecule has 0 aliphatic heterocycles. The van der Waals surface area contributed by atoms with E-state index in [1.54, 1.807) is 24.4 Å². The molecule has 1 N–H and O–H groups in total. The lowest BCUT2D eigenvalue weighted by atomic mass is 10.2. The van der Waals surface area contributed by atoms with Crippen molar-refractivity contribution in [3.63, 3.8) is 0 Å². The molecule has 0 spiro atoms. The van der Waals surface area contributed by atoms with E-state index in [9.17, 15) is 9.59 Å². The Morgan fingerprint density at radius 3 is 2.83 bits per heavy atom. The Morgan fingerprint density at radius 1 is 1.39 bits per heavy atom. The van der Waals surface area contributed by atoms with Gasteiger partial charge < -0.3 is 14.6 Å². The quantitative estimate of drug-likeness (QED) is 0.835. The van der Waals surface area contributed by atoms with Crippen LogP contribution in [0, 0.1) is 6.92 Å². The van der Waals surface area contributed by atoms with E-state index in [-0.39, 0.29) is 17.9 Å². The van der Waals surface area contributed by atoms with E-state index in [2.05, 4.69) is 21.2 Å². The number of carbonyl (C=O) groups is 1. The summed E-state index contributed by atoms with van der Waals surface area (Å²) < 4.78 is 7.48. The summed E-state index contributed by atoms with van der Waals surface area (Å²) in [6.07, 6.45) is 1.82. The summed E-state index contributed by atoms with van der Waals surface area (Å²) in [4.78, 5) is 23.8. The van der Waals surface area contributed by atoms with E-state index < -0.39 is 0 Å². The summed E-state index contributed by atoms with van der Waals surface area (Å²) in [5, 5.41) is 3.35. The topological polar surface area (TPSA) is 60.3 Å². The number of aromatic nitrogens is 1. The van der Waals surface area contributed by atoms with Crippen LogP contribution in [-0.2, 0) is 11.3 Å². The number of anilines is 1. The van der Waals surface area contributed by atoms with Gasteiger partial charge in [0.15, 0.2) is 0 Å². The summed E-state index contributed by atoms with van der Waals surface area (Å²) in [5.41, 5.74) is 1.24. The molecule has 5 nitrogen and oxygen atoms in total. The number of rotatable bonds is 5. The number of aryl methyl sites for hydroxylation is 2. The molecule has 7 heteroatoms. The van der Waals surface area contributed by atoms with Crippen molar-refractivity contribution in [2.45, 2.75) is 19.9 Å². The lowest BCUT2D eigenvalue weighted by Gasteiger charge is -2.12. The molecule has 0 unspecified atom stereocenters. The summed E-state index contributed by atoms with van der Waals surface area (Å²) in [6, 6.07) is 6.53. The molecular formula is C16H16BrClN2O3. The second kappa shape index (κ2) is 7.66. The average molecular weight is 400 g/mol. The van der Waals surface area contributed by atoms with Gasteiger partial charge in [0.2, 0.25) is 5.91 Å². The monoisotopic (exact) mass is 398 g/mol. The summed E-state index contributed by atoms with van der Waals surface area (Å²) >= 11 is 9.34. The normalized spacial score (nSPS) is 10.4. The molecule has 0 saturated carbocycles. The largest absolute Gasteiger partial charge is 0.495 e. The van der Waals surface area contributed by atoms with Crippen molar-refractivity contribution in [2.75, 3.05) is 12.4 Å². The molecule has 1 heterocycles. The van der Waals surface area contributed by atoms with Crippen molar-refractivity contribution >= 4 is 39.1 Å². The molecule has 0 aliphatic rings. The maximum Gasteiger partial charge on any atom is 0.250 e. The number of pyridine rings is 1. The van der Waals surface area contributed by atoms with Gasteiger partial charge in [-0.3, -0.25) is 9.59 Å². The van der Waals surface area contributed by atoms with Crippen LogP contribution in [0.25, 0.3) is 0 Å². The Morgan fingerprint density at radius 2 is 2.13 bits per heavy atom. The van der Waals surface area contributed by atoms with E-state index in [0.717, 1.165) is 10.0 Å². The highest BCUT2D eigenvalue weighted by atomic mass is 79.9. The van der Waals surface area contributed by atoms with Crippen LogP contribution < -0.4 is 15.6 Å². The first kappa shape index (κ1) is 17.6. The highest BCUT2D eigenvalue weighted by molar-refractivity contribution is 9.10. The maximum absolute atomic E-state index is 12.1. The van der Waals surface area contributed by atoms with Gasteiger partial charge in [0, 0.05) is 40.8 Å². The predicted molar refractivity (Wildman–Crippen MR) is 94.4 cm³/mol. The smallest absolute Gasteiger partial charge is 0.250 e. The number of nitrogens with zero attached hydrogens (tertiary/aromatic N) is 1. The fraction of sp³-hybridized carbons (Fsp3) is 0.250. The van der Waals surface area contributed by atoms with E-state index in [4.69, 9.17) is 16.3 Å². The fourth-order valence-electron chi connectivity index (χ4n) is 2.04. The summed E-state index contributed by atoms with van der Waals surface area (Å²) in [5.74, 6) is 0.283. The van der Waals surface area contributed by atoms with Crippen molar-refractivity contribution in [3.8, 4) is 5.75 Å². The summed E-state index contributed by atoms with van der Waals surface area (Å²) in [6.45, 7) is 2.14. The maximum atomic E-state index is 12.1. The molecule has 23 heavy (non-hydrogen) atoms. The third kappa shape index (κ3) is 4.59. The van der Waals surface area contributed by atoms with Gasteiger partial charge in [-0.05, 0) is 40.5 Å². The second-order valence-corrected chi connectivity index (χ2v) is 6.30. The van der Waals surface area contributed by atoms with E-state index >= 15 is 0 Å². The molecule has 1 amide bonds. The SMILES string of the molecule is COc1cc(Cl)c(C)cc1NC(=O)CCn1cc(Br)ccc1=O. The van der Waals surface area contributed by atoms with E-state index in [1.165, 1.54) is 17.7 Å². The molecule has 0 saturated heterocycles. The Kier molecular flexibility index (Phi) is 5.85. The minimum atomic E-state index is -0.211. The van der Waals surface area contributed by atoms with Gasteiger partial charge in [-0.25, -0.2) is 0 Å². The lowest BCUT2D eigenvalue weighted by Crippen LogP contribution is -2.22. The number of hydrogen-bond donors (Lipinski definition) is 1. The number of ether oxygens (including phenoxy) is 1. The molecule has 0 radical (unpaired) electrons. The van der Waals surface area contributed by atoms with Crippen molar-refractivity contribution < 1.29 is 9.53 Å². The first-order valence-corrected chi connectivity index (χ1v) is 8.08. The molecule has 2 rings (SSSR count). The number of hydrogen-bond acceptors (Lipinski definition) is 3. The fourth-order valence-corrected chi connectivity index (χ4v) is 2.57. The van der Waals surface area contributed by atoms with Crippen LogP contribution in [0.3, 0.4) is 0 Å². The van der Waals surface area contributed by atoms with Gasteiger partial charge >= 0.3 is 0 Å². The van der Waals surface area contributed by atoms with Gasteiger partial charge in [0.25, 0.3) is 5.56 Å². The molecule has 0 atom stereocenters. The van der Waals surface area contributed by atoms with Crippen molar-refractivity contribution in [2.24, 2.45) is 0 Å². The third-order valence-electron chi connectivity index (χ3n) is 3.28. The zero-order valence-electron chi connectivity index (χ0n) is 12.7. The molecule has 2 aromatic rings. The molecule has 1 aromatic carbocycles. The zero-order valence-corrected chi connectivity index (χ0v) is 15.1. The number of carbonyl (C=O) groups excluding carboxylic acids is 1. The first-order valence-electron chi connectivity index (χ1n) is 6.90. The molecule has 0 bridgehead atoms. The van der Waals surface area contributed by atoms with Gasteiger partial charge in [-0.1, -0.05) is 11.6 Å². The molecular weight excluding hydrogens is 384 g/mol. The number of halogens is 2. The van der Waals surface area contributed by atoms with Crippen molar-refractivity contribution in [1.82, 2.24) is 4.57 Å². The Bertz CT molecular complexity index is 789. The molecule has 122 valence electrons. The minimum absolute atomic E-state index is 0.152. The Hall–Kier alpha value is -1.79. The van der Waals surface area contributed by atoms with Crippen molar-refractivity contribution in [3.05, 3.63) is 55.9 Å². The number of amides is 1. The Labute approximate surface area is 147 Å². The van der Waals surface area contributed by atoms with E-state index in [0.29, 0.717) is 23.0 Å². The Balaban J connectivity index is 2.07. The van der Waals surface area contributed by atoms with Crippen LogP contribution in [0.1, 0.15) is 12.0 Å². The number of benzene rings is 1. The van der Waals surface area contributed by atoms with E-state index in [1.807, 2.05) is 6.92 Å². The number of nitrogens with one attached hydrogen (secondary N) is 1. The zero-order chi connectivity index (χ0) is 17.0. The van der Waals surface area contributed by atoms with Crippen LogP contribution >= 0.6 is 27.5 Å². The second-order valence-electron chi connectivity index (χ2n) is 4.98. The molecule has 1 aromatic heterocycles. The summed E-state index contributed by atoms with van der Waals surface area (Å²) in [7, 11) is 1.51. The van der Waals surface area contributed by atoms with Crippen LogP contribution in [0.15, 0.2) is 39.7 Å². The highest BCUT2D eigenvalue weighted by Gasteiger charge is 2.11. The van der Waals surface area contributed by atoms with Crippen LogP contribution in [0.5, 0.6) is 5.75 Å². The van der Waals surface area contributed by atoms with Gasteiger partial charge in [-0.2, -0.15) is 0 Å². The highest BCUT2D eigenvalue weighted by Crippen LogP contribution is 2.30.